The van der Waals surface area contributed by atoms with E-state index in [0.717, 1.165) is 41.8 Å². The highest BCUT2D eigenvalue weighted by Crippen LogP contribution is 2.19. The van der Waals surface area contributed by atoms with E-state index in [9.17, 15) is 9.18 Å². The Morgan fingerprint density at radius 1 is 1.00 bits per heavy atom. The van der Waals surface area contributed by atoms with Gasteiger partial charge in [0.15, 0.2) is 0 Å². The average molecular weight is 391 g/mol. The Bertz CT molecular complexity index is 705. The lowest BCUT2D eigenvalue weighted by Crippen LogP contribution is -2.36. The maximum Gasteiger partial charge on any atom is 0.227 e. The summed E-state index contributed by atoms with van der Waals surface area (Å²) in [4.78, 5) is 16.7. The van der Waals surface area contributed by atoms with Gasteiger partial charge in [0.05, 0.1) is 6.42 Å². The van der Waals surface area contributed by atoms with Crippen LogP contribution in [-0.4, -0.2) is 37.0 Å². The van der Waals surface area contributed by atoms with Crippen LogP contribution >= 0.6 is 15.9 Å². The predicted octanol–water partition coefficient (Wildman–Crippen LogP) is 3.87. The van der Waals surface area contributed by atoms with Crippen molar-refractivity contribution in [2.75, 3.05) is 31.1 Å². The molecule has 126 valence electrons. The molecule has 1 fully saturated rings. The van der Waals surface area contributed by atoms with Gasteiger partial charge in [0.1, 0.15) is 5.82 Å². The summed E-state index contributed by atoms with van der Waals surface area (Å²) < 4.78 is 14.0. The molecule has 0 aromatic heterocycles. The van der Waals surface area contributed by atoms with E-state index >= 15 is 0 Å². The Morgan fingerprint density at radius 2 is 1.75 bits per heavy atom. The minimum atomic E-state index is -0.223. The smallest absolute Gasteiger partial charge is 0.227 e. The highest BCUT2D eigenvalue weighted by molar-refractivity contribution is 9.10. The van der Waals surface area contributed by atoms with Gasteiger partial charge in [-0.3, -0.25) is 4.79 Å². The van der Waals surface area contributed by atoms with Crippen LogP contribution in [0.1, 0.15) is 12.0 Å². The number of anilines is 1. The van der Waals surface area contributed by atoms with Crippen LogP contribution in [0, 0.1) is 5.82 Å². The second-order valence-corrected chi connectivity index (χ2v) is 6.82. The number of carbonyl (C=O) groups is 1. The van der Waals surface area contributed by atoms with E-state index in [-0.39, 0.29) is 11.7 Å². The SMILES string of the molecule is O=C(Cc1ccccc1Br)N1CCCN(c2ccc(F)cc2)CC1. The Morgan fingerprint density at radius 3 is 2.50 bits per heavy atom. The predicted molar refractivity (Wildman–Crippen MR) is 97.7 cm³/mol. The van der Waals surface area contributed by atoms with E-state index < -0.39 is 0 Å². The summed E-state index contributed by atoms with van der Waals surface area (Å²) >= 11 is 3.50. The van der Waals surface area contributed by atoms with Crippen molar-refractivity contribution in [2.24, 2.45) is 0 Å². The number of halogens is 2. The van der Waals surface area contributed by atoms with Gasteiger partial charge in [0.2, 0.25) is 5.91 Å². The molecule has 1 heterocycles. The summed E-state index contributed by atoms with van der Waals surface area (Å²) in [5, 5.41) is 0. The number of nitrogens with zero attached hydrogens (tertiary/aromatic N) is 2. The third-order valence-corrected chi connectivity index (χ3v) is 5.11. The molecule has 0 unspecified atom stereocenters. The van der Waals surface area contributed by atoms with E-state index in [0.29, 0.717) is 13.0 Å². The van der Waals surface area contributed by atoms with Gasteiger partial charge in [-0.25, -0.2) is 4.39 Å². The Kier molecular flexibility index (Phi) is 5.51. The van der Waals surface area contributed by atoms with Gasteiger partial charge < -0.3 is 9.80 Å². The first-order valence-corrected chi connectivity index (χ1v) is 8.94. The van der Waals surface area contributed by atoms with Crippen LogP contribution < -0.4 is 4.90 Å². The molecule has 0 bridgehead atoms. The summed E-state index contributed by atoms with van der Waals surface area (Å²) in [6.45, 7) is 3.11. The molecule has 0 spiro atoms. The largest absolute Gasteiger partial charge is 0.370 e. The van der Waals surface area contributed by atoms with Crippen LogP contribution in [0.15, 0.2) is 53.0 Å². The first-order valence-electron chi connectivity index (χ1n) is 8.15. The van der Waals surface area contributed by atoms with Crippen molar-refractivity contribution < 1.29 is 9.18 Å². The highest BCUT2D eigenvalue weighted by atomic mass is 79.9. The minimum absolute atomic E-state index is 0.155. The molecular formula is C19H20BrFN2O. The standard InChI is InChI=1S/C19H20BrFN2O/c20-18-5-2-1-4-15(18)14-19(24)23-11-3-10-22(12-13-23)17-8-6-16(21)7-9-17/h1-2,4-9H,3,10-14H2. The molecule has 1 aliphatic rings. The van der Waals surface area contributed by atoms with Crippen molar-refractivity contribution >= 4 is 27.5 Å². The van der Waals surface area contributed by atoms with Crippen LogP contribution in [0.2, 0.25) is 0 Å². The molecule has 2 aromatic rings. The van der Waals surface area contributed by atoms with Crippen LogP contribution in [-0.2, 0) is 11.2 Å². The van der Waals surface area contributed by atoms with Crippen molar-refractivity contribution in [2.45, 2.75) is 12.8 Å². The van der Waals surface area contributed by atoms with Crippen LogP contribution in [0.3, 0.4) is 0 Å². The molecule has 0 atom stereocenters. The third kappa shape index (κ3) is 4.15. The van der Waals surface area contributed by atoms with Gasteiger partial charge in [0, 0.05) is 36.3 Å². The fourth-order valence-electron chi connectivity index (χ4n) is 2.99. The summed E-state index contributed by atoms with van der Waals surface area (Å²) in [6.07, 6.45) is 1.33. The van der Waals surface area contributed by atoms with Gasteiger partial charge in [0.25, 0.3) is 0 Å². The van der Waals surface area contributed by atoms with E-state index in [1.807, 2.05) is 29.2 Å². The Hall–Kier alpha value is -1.88. The zero-order valence-electron chi connectivity index (χ0n) is 13.4. The zero-order chi connectivity index (χ0) is 16.9. The number of carbonyl (C=O) groups excluding carboxylic acids is 1. The number of benzene rings is 2. The van der Waals surface area contributed by atoms with Gasteiger partial charge >= 0.3 is 0 Å². The summed E-state index contributed by atoms with van der Waals surface area (Å²) in [7, 11) is 0. The van der Waals surface area contributed by atoms with E-state index in [1.54, 1.807) is 12.1 Å². The maximum atomic E-state index is 13.1. The third-order valence-electron chi connectivity index (χ3n) is 4.34. The zero-order valence-corrected chi connectivity index (χ0v) is 15.0. The molecule has 5 heteroatoms. The fourth-order valence-corrected chi connectivity index (χ4v) is 3.42. The number of hydrogen-bond acceptors (Lipinski definition) is 2. The second-order valence-electron chi connectivity index (χ2n) is 5.97. The lowest BCUT2D eigenvalue weighted by atomic mass is 10.1. The second kappa shape index (κ2) is 7.79. The molecule has 0 N–H and O–H groups in total. The number of rotatable bonds is 3. The average Bonchev–Trinajstić information content (AvgIpc) is 2.84. The number of hydrogen-bond donors (Lipinski definition) is 0. The van der Waals surface area contributed by atoms with Crippen molar-refractivity contribution in [1.82, 2.24) is 4.90 Å². The Labute approximate surface area is 150 Å². The van der Waals surface area contributed by atoms with E-state index in [2.05, 4.69) is 20.8 Å². The van der Waals surface area contributed by atoms with E-state index in [1.165, 1.54) is 12.1 Å². The van der Waals surface area contributed by atoms with Gasteiger partial charge in [-0.2, -0.15) is 0 Å². The van der Waals surface area contributed by atoms with Crippen molar-refractivity contribution in [3.63, 3.8) is 0 Å². The normalized spacial score (nSPS) is 15.2. The lowest BCUT2D eigenvalue weighted by molar-refractivity contribution is -0.130. The van der Waals surface area contributed by atoms with Crippen molar-refractivity contribution in [3.05, 3.63) is 64.4 Å². The van der Waals surface area contributed by atoms with Gasteiger partial charge in [-0.15, -0.1) is 0 Å². The first kappa shape index (κ1) is 17.0. The molecule has 3 rings (SSSR count). The maximum absolute atomic E-state index is 13.1. The molecule has 24 heavy (non-hydrogen) atoms. The number of amides is 1. The molecule has 0 aliphatic carbocycles. The monoisotopic (exact) mass is 390 g/mol. The molecular weight excluding hydrogens is 371 g/mol. The lowest BCUT2D eigenvalue weighted by Gasteiger charge is -2.24. The Balaban J connectivity index is 1.61. The van der Waals surface area contributed by atoms with Crippen LogP contribution in [0.4, 0.5) is 10.1 Å². The summed E-state index contributed by atoms with van der Waals surface area (Å²) in [5.41, 5.74) is 2.03. The minimum Gasteiger partial charge on any atom is -0.370 e. The molecule has 1 amide bonds. The quantitative estimate of drug-likeness (QED) is 0.793. The topological polar surface area (TPSA) is 23.6 Å². The van der Waals surface area contributed by atoms with Gasteiger partial charge in [-0.05, 0) is 42.3 Å². The summed E-state index contributed by atoms with van der Waals surface area (Å²) in [5.74, 6) is -0.0679. The van der Waals surface area contributed by atoms with Gasteiger partial charge in [-0.1, -0.05) is 34.1 Å². The van der Waals surface area contributed by atoms with Crippen LogP contribution in [0.5, 0.6) is 0 Å². The van der Waals surface area contributed by atoms with Crippen LogP contribution in [0.25, 0.3) is 0 Å². The molecule has 1 saturated heterocycles. The molecule has 0 radical (unpaired) electrons. The van der Waals surface area contributed by atoms with Crippen molar-refractivity contribution in [1.29, 1.82) is 0 Å². The first-order chi connectivity index (χ1) is 11.6. The molecule has 2 aromatic carbocycles. The summed E-state index contributed by atoms with van der Waals surface area (Å²) in [6, 6.07) is 14.4. The highest BCUT2D eigenvalue weighted by Gasteiger charge is 2.20. The molecule has 0 saturated carbocycles. The van der Waals surface area contributed by atoms with E-state index in [4.69, 9.17) is 0 Å². The van der Waals surface area contributed by atoms with Crippen molar-refractivity contribution in [3.8, 4) is 0 Å². The molecule has 3 nitrogen and oxygen atoms in total. The molecule has 1 aliphatic heterocycles. The fraction of sp³-hybridized carbons (Fsp3) is 0.316.